The predicted octanol–water partition coefficient (Wildman–Crippen LogP) is 4.22. The molecule has 2 fully saturated rings. The Hall–Kier alpha value is -0.770. The summed E-state index contributed by atoms with van der Waals surface area (Å²) in [5.41, 5.74) is 0.777. The number of amides is 1. The van der Waals surface area contributed by atoms with Crippen molar-refractivity contribution in [3.05, 3.63) is 22.4 Å². The minimum absolute atomic E-state index is 0.0735. The maximum atomic E-state index is 12.6. The van der Waals surface area contributed by atoms with Gasteiger partial charge in [0.25, 0.3) is 5.91 Å². The summed E-state index contributed by atoms with van der Waals surface area (Å²) in [6.07, 6.45) is 8.51. The number of aryl methyl sites for hydroxylation is 1. The fourth-order valence-corrected chi connectivity index (χ4v) is 4.85. The van der Waals surface area contributed by atoms with Crippen LogP contribution in [0.2, 0.25) is 0 Å². The van der Waals surface area contributed by atoms with Gasteiger partial charge in [-0.3, -0.25) is 4.79 Å². The monoisotopic (exact) mass is 352 g/mol. The number of halogens is 1. The lowest BCUT2D eigenvalue weighted by molar-refractivity contribution is 0.0905. The Bertz CT molecular complexity index is 525. The Balaban J connectivity index is 1.66. The topological polar surface area (TPSA) is 34.0 Å². The highest BCUT2D eigenvalue weighted by Gasteiger charge is 2.42. The van der Waals surface area contributed by atoms with Crippen molar-refractivity contribution in [1.29, 1.82) is 0 Å². The highest BCUT2D eigenvalue weighted by atomic mass is 79.9. The quantitative estimate of drug-likeness (QED) is 0.845. The lowest BCUT2D eigenvalue weighted by atomic mass is 9.84. The number of carbonyl (C=O) groups is 1. The van der Waals surface area contributed by atoms with Crippen LogP contribution in [0, 0.1) is 17.8 Å². The van der Waals surface area contributed by atoms with Crippen LogP contribution in [-0.4, -0.2) is 16.5 Å². The average molecular weight is 353 g/mol. The number of aromatic nitrogens is 1. The lowest BCUT2D eigenvalue weighted by Crippen LogP contribution is -2.40. The van der Waals surface area contributed by atoms with Crippen LogP contribution in [0.4, 0.5) is 0 Å². The van der Waals surface area contributed by atoms with Gasteiger partial charge in [0.05, 0.1) is 0 Å². The van der Waals surface area contributed by atoms with E-state index in [1.165, 1.54) is 25.7 Å². The van der Waals surface area contributed by atoms with Gasteiger partial charge in [0.15, 0.2) is 0 Å². The Morgan fingerprint density at radius 2 is 2.29 bits per heavy atom. The molecule has 1 N–H and O–H groups in total. The van der Waals surface area contributed by atoms with E-state index in [0.717, 1.165) is 35.0 Å². The minimum Gasteiger partial charge on any atom is -0.348 e. The largest absolute Gasteiger partial charge is 0.348 e. The molecule has 1 aromatic rings. The Labute approximate surface area is 135 Å². The van der Waals surface area contributed by atoms with Gasteiger partial charge in [-0.2, -0.15) is 0 Å². The van der Waals surface area contributed by atoms with Gasteiger partial charge in [-0.15, -0.1) is 0 Å². The highest BCUT2D eigenvalue weighted by molar-refractivity contribution is 9.10. The zero-order valence-corrected chi connectivity index (χ0v) is 14.5. The second-order valence-electron chi connectivity index (χ2n) is 6.84. The molecule has 4 heteroatoms. The van der Waals surface area contributed by atoms with Crippen LogP contribution >= 0.6 is 15.9 Å². The van der Waals surface area contributed by atoms with E-state index in [2.05, 4.69) is 35.1 Å². The Morgan fingerprint density at radius 3 is 2.90 bits per heavy atom. The van der Waals surface area contributed by atoms with E-state index < -0.39 is 0 Å². The van der Waals surface area contributed by atoms with Crippen LogP contribution in [0.5, 0.6) is 0 Å². The molecule has 4 atom stereocenters. The zero-order chi connectivity index (χ0) is 15.0. The fourth-order valence-electron chi connectivity index (χ4n) is 4.39. The third-order valence-electron chi connectivity index (χ3n) is 5.35. The third-order valence-corrected chi connectivity index (χ3v) is 5.79. The first-order chi connectivity index (χ1) is 10.1. The number of hydrogen-bond acceptors (Lipinski definition) is 1. The average Bonchev–Trinajstić information content (AvgIpc) is 3.14. The predicted molar refractivity (Wildman–Crippen MR) is 88.3 cm³/mol. The van der Waals surface area contributed by atoms with Gasteiger partial charge >= 0.3 is 0 Å². The van der Waals surface area contributed by atoms with E-state index in [1.807, 2.05) is 16.8 Å². The molecule has 3 rings (SSSR count). The molecular formula is C17H25BrN2O. The highest BCUT2D eigenvalue weighted by Crippen LogP contribution is 2.49. The van der Waals surface area contributed by atoms with Gasteiger partial charge in [-0.1, -0.05) is 13.3 Å². The molecule has 2 saturated carbocycles. The summed E-state index contributed by atoms with van der Waals surface area (Å²) >= 11 is 3.48. The molecule has 2 bridgehead atoms. The van der Waals surface area contributed by atoms with Crippen LogP contribution in [-0.2, 0) is 6.54 Å². The molecule has 4 unspecified atom stereocenters. The fraction of sp³-hybridized carbons (Fsp3) is 0.706. The van der Waals surface area contributed by atoms with Gasteiger partial charge in [-0.05, 0) is 72.4 Å². The Kier molecular flexibility index (Phi) is 4.43. The lowest BCUT2D eigenvalue weighted by Gasteiger charge is -2.28. The summed E-state index contributed by atoms with van der Waals surface area (Å²) in [5.74, 6) is 2.53. The molecule has 116 valence electrons. The van der Waals surface area contributed by atoms with Crippen molar-refractivity contribution in [2.45, 2.75) is 58.5 Å². The van der Waals surface area contributed by atoms with Crippen molar-refractivity contribution in [1.82, 2.24) is 9.88 Å². The van der Waals surface area contributed by atoms with Gasteiger partial charge in [0.1, 0.15) is 5.69 Å². The molecule has 21 heavy (non-hydrogen) atoms. The van der Waals surface area contributed by atoms with Crippen molar-refractivity contribution < 1.29 is 4.79 Å². The SMILES string of the molecule is CCCn1cc(Br)cc1C(=O)NC(C)C1CC2CCC1C2. The van der Waals surface area contributed by atoms with E-state index in [4.69, 9.17) is 0 Å². The van der Waals surface area contributed by atoms with E-state index in [1.54, 1.807) is 0 Å². The maximum absolute atomic E-state index is 12.6. The van der Waals surface area contributed by atoms with Crippen molar-refractivity contribution in [2.75, 3.05) is 0 Å². The third kappa shape index (κ3) is 3.05. The summed E-state index contributed by atoms with van der Waals surface area (Å²) < 4.78 is 3.03. The summed E-state index contributed by atoms with van der Waals surface area (Å²) in [6.45, 7) is 5.20. The smallest absolute Gasteiger partial charge is 0.268 e. The molecule has 3 nitrogen and oxygen atoms in total. The van der Waals surface area contributed by atoms with Crippen LogP contribution in [0.1, 0.15) is 56.4 Å². The maximum Gasteiger partial charge on any atom is 0.268 e. The molecule has 0 aliphatic heterocycles. The van der Waals surface area contributed by atoms with Gasteiger partial charge in [0.2, 0.25) is 0 Å². The summed E-state index contributed by atoms with van der Waals surface area (Å²) in [5, 5.41) is 3.25. The summed E-state index contributed by atoms with van der Waals surface area (Å²) in [4.78, 5) is 12.6. The number of rotatable bonds is 5. The first-order valence-corrected chi connectivity index (χ1v) is 9.04. The van der Waals surface area contributed by atoms with E-state index in [-0.39, 0.29) is 11.9 Å². The van der Waals surface area contributed by atoms with E-state index in [0.29, 0.717) is 5.92 Å². The molecule has 1 aromatic heterocycles. The normalized spacial score (nSPS) is 28.8. The van der Waals surface area contributed by atoms with Gasteiger partial charge in [0, 0.05) is 23.3 Å². The van der Waals surface area contributed by atoms with Crippen LogP contribution < -0.4 is 5.32 Å². The zero-order valence-electron chi connectivity index (χ0n) is 12.9. The van der Waals surface area contributed by atoms with Crippen molar-refractivity contribution in [3.63, 3.8) is 0 Å². The first kappa shape index (κ1) is 15.1. The number of fused-ring (bicyclic) bond motifs is 2. The van der Waals surface area contributed by atoms with Gasteiger partial charge < -0.3 is 9.88 Å². The number of hydrogen-bond donors (Lipinski definition) is 1. The first-order valence-electron chi connectivity index (χ1n) is 8.25. The van der Waals surface area contributed by atoms with Crippen molar-refractivity contribution in [2.24, 2.45) is 17.8 Å². The second-order valence-corrected chi connectivity index (χ2v) is 7.75. The van der Waals surface area contributed by atoms with Gasteiger partial charge in [-0.25, -0.2) is 0 Å². The standard InChI is InChI=1S/C17H25BrN2O/c1-3-6-20-10-14(18)9-16(20)17(21)19-11(2)15-8-12-4-5-13(15)7-12/h9-13,15H,3-8H2,1-2H3,(H,19,21). The van der Waals surface area contributed by atoms with E-state index >= 15 is 0 Å². The second kappa shape index (κ2) is 6.15. The molecule has 0 aromatic carbocycles. The molecule has 0 saturated heterocycles. The molecule has 0 radical (unpaired) electrons. The van der Waals surface area contributed by atoms with Crippen LogP contribution in [0.15, 0.2) is 16.7 Å². The number of nitrogens with one attached hydrogen (secondary N) is 1. The molecule has 1 amide bonds. The minimum atomic E-state index is 0.0735. The summed E-state index contributed by atoms with van der Waals surface area (Å²) in [6, 6.07) is 2.22. The van der Waals surface area contributed by atoms with Crippen molar-refractivity contribution >= 4 is 21.8 Å². The molecule has 2 aliphatic carbocycles. The molecule has 0 spiro atoms. The summed E-state index contributed by atoms with van der Waals surface area (Å²) in [7, 11) is 0. The van der Waals surface area contributed by atoms with Crippen LogP contribution in [0.3, 0.4) is 0 Å². The number of nitrogens with zero attached hydrogens (tertiary/aromatic N) is 1. The molecular weight excluding hydrogens is 328 g/mol. The van der Waals surface area contributed by atoms with Crippen molar-refractivity contribution in [3.8, 4) is 0 Å². The van der Waals surface area contributed by atoms with Crippen LogP contribution in [0.25, 0.3) is 0 Å². The van der Waals surface area contributed by atoms with E-state index in [9.17, 15) is 4.79 Å². The Morgan fingerprint density at radius 1 is 1.48 bits per heavy atom. The number of carbonyl (C=O) groups excluding carboxylic acids is 1. The molecule has 1 heterocycles. The molecule has 2 aliphatic rings.